The van der Waals surface area contributed by atoms with E-state index in [1.165, 1.54) is 11.1 Å². The standard InChI is InChI=1S/C12H13N/c1-13-9-5-8-12(10-13)11-6-3-2-4-7-11/h2-7,9-10H,8H2,1H3. The fraction of sp³-hybridized carbons (Fsp3) is 0.167. The third-order valence-corrected chi connectivity index (χ3v) is 2.18. The van der Waals surface area contributed by atoms with E-state index in [-0.39, 0.29) is 0 Å². The Labute approximate surface area is 79.0 Å². The summed E-state index contributed by atoms with van der Waals surface area (Å²) < 4.78 is 0. The summed E-state index contributed by atoms with van der Waals surface area (Å²) in [5.74, 6) is 0. The highest BCUT2D eigenvalue weighted by Crippen LogP contribution is 2.21. The molecule has 1 nitrogen and oxygen atoms in total. The van der Waals surface area contributed by atoms with E-state index >= 15 is 0 Å². The van der Waals surface area contributed by atoms with Crippen molar-refractivity contribution in [1.29, 1.82) is 0 Å². The Morgan fingerprint density at radius 3 is 2.62 bits per heavy atom. The van der Waals surface area contributed by atoms with Gasteiger partial charge in [-0.25, -0.2) is 0 Å². The molecule has 0 N–H and O–H groups in total. The molecule has 0 saturated carbocycles. The zero-order valence-corrected chi connectivity index (χ0v) is 7.77. The molecule has 1 aliphatic heterocycles. The van der Waals surface area contributed by atoms with Crippen LogP contribution in [-0.2, 0) is 0 Å². The van der Waals surface area contributed by atoms with Crippen LogP contribution in [0.2, 0.25) is 0 Å². The van der Waals surface area contributed by atoms with Crippen LogP contribution in [0.4, 0.5) is 0 Å². The highest BCUT2D eigenvalue weighted by molar-refractivity contribution is 5.67. The van der Waals surface area contributed by atoms with Gasteiger partial charge in [0, 0.05) is 13.2 Å². The molecule has 66 valence electrons. The van der Waals surface area contributed by atoms with Crippen LogP contribution in [0, 0.1) is 0 Å². The lowest BCUT2D eigenvalue weighted by Gasteiger charge is -2.16. The van der Waals surface area contributed by atoms with Gasteiger partial charge < -0.3 is 4.90 Å². The Hall–Kier alpha value is -1.50. The maximum atomic E-state index is 2.18. The third-order valence-electron chi connectivity index (χ3n) is 2.18. The van der Waals surface area contributed by atoms with Crippen molar-refractivity contribution in [2.75, 3.05) is 7.05 Å². The SMILES string of the molecule is CN1C=CCC(c2ccccc2)=C1. The van der Waals surface area contributed by atoms with E-state index < -0.39 is 0 Å². The molecule has 0 aliphatic carbocycles. The Morgan fingerprint density at radius 1 is 1.15 bits per heavy atom. The van der Waals surface area contributed by atoms with Crippen molar-refractivity contribution in [3.8, 4) is 0 Å². The Bertz CT molecular complexity index is 335. The van der Waals surface area contributed by atoms with Crippen molar-refractivity contribution in [1.82, 2.24) is 4.90 Å². The monoisotopic (exact) mass is 171 g/mol. The number of hydrogen-bond donors (Lipinski definition) is 0. The molecule has 0 fully saturated rings. The van der Waals surface area contributed by atoms with Gasteiger partial charge in [0.15, 0.2) is 0 Å². The Balaban J connectivity index is 2.28. The van der Waals surface area contributed by atoms with Gasteiger partial charge in [-0.3, -0.25) is 0 Å². The fourth-order valence-electron chi connectivity index (χ4n) is 1.53. The van der Waals surface area contributed by atoms with Gasteiger partial charge >= 0.3 is 0 Å². The lowest BCUT2D eigenvalue weighted by Crippen LogP contribution is -2.05. The molecular weight excluding hydrogens is 158 g/mol. The van der Waals surface area contributed by atoms with Gasteiger partial charge in [-0.05, 0) is 23.8 Å². The first-order valence-electron chi connectivity index (χ1n) is 4.51. The second kappa shape index (κ2) is 3.48. The lowest BCUT2D eigenvalue weighted by molar-refractivity contribution is 0.617. The molecule has 13 heavy (non-hydrogen) atoms. The predicted octanol–water partition coefficient (Wildman–Crippen LogP) is 2.88. The number of benzene rings is 1. The molecule has 0 bridgehead atoms. The van der Waals surface area contributed by atoms with Gasteiger partial charge in [-0.2, -0.15) is 0 Å². The largest absolute Gasteiger partial charge is 0.357 e. The summed E-state index contributed by atoms with van der Waals surface area (Å²) in [7, 11) is 2.05. The van der Waals surface area contributed by atoms with E-state index in [1.807, 2.05) is 6.07 Å². The van der Waals surface area contributed by atoms with Gasteiger partial charge in [-0.15, -0.1) is 0 Å². The van der Waals surface area contributed by atoms with Crippen molar-refractivity contribution >= 4 is 5.57 Å². The van der Waals surface area contributed by atoms with Crippen molar-refractivity contribution in [3.63, 3.8) is 0 Å². The molecule has 0 aromatic heterocycles. The quantitative estimate of drug-likeness (QED) is 0.628. The van der Waals surface area contributed by atoms with E-state index in [4.69, 9.17) is 0 Å². The maximum Gasteiger partial charge on any atom is 0.0106 e. The molecule has 0 spiro atoms. The molecule has 0 radical (unpaired) electrons. The number of nitrogens with zero attached hydrogens (tertiary/aromatic N) is 1. The number of rotatable bonds is 1. The average molecular weight is 171 g/mol. The first-order valence-corrected chi connectivity index (χ1v) is 4.51. The van der Waals surface area contributed by atoms with Crippen LogP contribution in [0.25, 0.3) is 5.57 Å². The molecule has 1 aliphatic rings. The van der Waals surface area contributed by atoms with Crippen LogP contribution in [0.5, 0.6) is 0 Å². The van der Waals surface area contributed by atoms with Crippen LogP contribution in [0.15, 0.2) is 48.8 Å². The highest BCUT2D eigenvalue weighted by Gasteiger charge is 2.03. The predicted molar refractivity (Wildman–Crippen MR) is 55.9 cm³/mol. The van der Waals surface area contributed by atoms with Crippen molar-refractivity contribution in [2.45, 2.75) is 6.42 Å². The third kappa shape index (κ3) is 1.81. The average Bonchev–Trinajstić information content (AvgIpc) is 2.19. The number of allylic oxidation sites excluding steroid dienone is 2. The van der Waals surface area contributed by atoms with E-state index in [2.05, 4.69) is 54.7 Å². The number of hydrogen-bond acceptors (Lipinski definition) is 1. The second-order valence-electron chi connectivity index (χ2n) is 3.27. The fourth-order valence-corrected chi connectivity index (χ4v) is 1.53. The summed E-state index contributed by atoms with van der Waals surface area (Å²) in [5.41, 5.74) is 2.70. The summed E-state index contributed by atoms with van der Waals surface area (Å²) in [6, 6.07) is 10.5. The maximum absolute atomic E-state index is 2.18. The van der Waals surface area contributed by atoms with Crippen LogP contribution in [0.3, 0.4) is 0 Å². The normalized spacial score (nSPS) is 15.8. The molecule has 2 rings (SSSR count). The summed E-state index contributed by atoms with van der Waals surface area (Å²) in [6.45, 7) is 0. The molecule has 0 atom stereocenters. The summed E-state index contributed by atoms with van der Waals surface area (Å²) in [4.78, 5) is 2.09. The topological polar surface area (TPSA) is 3.24 Å². The van der Waals surface area contributed by atoms with E-state index in [1.54, 1.807) is 0 Å². The molecule has 1 aromatic rings. The molecule has 1 heterocycles. The minimum atomic E-state index is 1.04. The summed E-state index contributed by atoms with van der Waals surface area (Å²) in [6.07, 6.45) is 7.48. The first kappa shape index (κ1) is 8.11. The van der Waals surface area contributed by atoms with E-state index in [0.717, 1.165) is 6.42 Å². The van der Waals surface area contributed by atoms with Gasteiger partial charge in [0.1, 0.15) is 0 Å². The van der Waals surface area contributed by atoms with Crippen molar-refractivity contribution < 1.29 is 0 Å². The van der Waals surface area contributed by atoms with E-state index in [0.29, 0.717) is 0 Å². The smallest absolute Gasteiger partial charge is 0.0106 e. The summed E-state index contributed by atoms with van der Waals surface area (Å²) >= 11 is 0. The van der Waals surface area contributed by atoms with Gasteiger partial charge in [0.2, 0.25) is 0 Å². The van der Waals surface area contributed by atoms with Gasteiger partial charge in [0.05, 0.1) is 0 Å². The zero-order chi connectivity index (χ0) is 9.10. The molecule has 0 saturated heterocycles. The molecule has 1 heteroatoms. The van der Waals surface area contributed by atoms with Crippen molar-refractivity contribution in [3.05, 3.63) is 54.4 Å². The van der Waals surface area contributed by atoms with Gasteiger partial charge in [0.25, 0.3) is 0 Å². The van der Waals surface area contributed by atoms with Crippen LogP contribution < -0.4 is 0 Å². The highest BCUT2D eigenvalue weighted by atomic mass is 15.1. The minimum absolute atomic E-state index is 1.04. The second-order valence-corrected chi connectivity index (χ2v) is 3.27. The first-order chi connectivity index (χ1) is 6.36. The Kier molecular flexibility index (Phi) is 2.17. The molecule has 0 amide bonds. The van der Waals surface area contributed by atoms with Crippen LogP contribution in [0.1, 0.15) is 12.0 Å². The summed E-state index contributed by atoms with van der Waals surface area (Å²) in [5, 5.41) is 0. The van der Waals surface area contributed by atoms with Gasteiger partial charge in [-0.1, -0.05) is 36.4 Å². The van der Waals surface area contributed by atoms with Crippen LogP contribution in [-0.4, -0.2) is 11.9 Å². The molecular formula is C12H13N. The molecule has 1 aromatic carbocycles. The van der Waals surface area contributed by atoms with Crippen LogP contribution >= 0.6 is 0 Å². The lowest BCUT2D eigenvalue weighted by atomic mass is 10.0. The zero-order valence-electron chi connectivity index (χ0n) is 7.77. The Morgan fingerprint density at radius 2 is 1.92 bits per heavy atom. The minimum Gasteiger partial charge on any atom is -0.357 e. The van der Waals surface area contributed by atoms with Crippen molar-refractivity contribution in [2.24, 2.45) is 0 Å². The molecule has 0 unspecified atom stereocenters. The van der Waals surface area contributed by atoms with E-state index in [9.17, 15) is 0 Å².